The molecule has 0 saturated carbocycles. The average Bonchev–Trinajstić information content (AvgIpc) is 3.04. The number of piperidine rings is 1. The maximum atomic E-state index is 13.0. The first-order valence-electron chi connectivity index (χ1n) is 16.6. The number of hydrogen-bond donors (Lipinski definition) is 2. The van der Waals surface area contributed by atoms with Crippen LogP contribution in [-0.4, -0.2) is 71.2 Å². The third-order valence-corrected chi connectivity index (χ3v) is 9.57. The molecule has 0 spiro atoms. The molecule has 0 bridgehead atoms. The van der Waals surface area contributed by atoms with Crippen molar-refractivity contribution in [2.45, 2.75) is 83.6 Å². The van der Waals surface area contributed by atoms with Gasteiger partial charge in [0.05, 0.1) is 24.9 Å². The second-order valence-corrected chi connectivity index (χ2v) is 13.7. The summed E-state index contributed by atoms with van der Waals surface area (Å²) in [6.07, 6.45) is 5.99. The molecule has 0 aromatic heterocycles. The van der Waals surface area contributed by atoms with Crippen LogP contribution in [0.25, 0.3) is 0 Å². The molecule has 2 saturated heterocycles. The fraction of sp³-hybridized carbons (Fsp3) is 0.639. The lowest BCUT2D eigenvalue weighted by molar-refractivity contribution is -0.130. The molecule has 5 rings (SSSR count). The molecule has 2 fully saturated rings. The second-order valence-electron chi connectivity index (χ2n) is 13.7. The van der Waals surface area contributed by atoms with E-state index in [4.69, 9.17) is 18.9 Å². The number of anilines is 1. The van der Waals surface area contributed by atoms with Gasteiger partial charge in [-0.1, -0.05) is 50.2 Å². The zero-order valence-electron chi connectivity index (χ0n) is 27.2. The van der Waals surface area contributed by atoms with Gasteiger partial charge in [0, 0.05) is 58.0 Å². The van der Waals surface area contributed by atoms with Crippen molar-refractivity contribution < 1.29 is 23.7 Å². The molecule has 8 nitrogen and oxygen atoms in total. The molecule has 1 amide bonds. The van der Waals surface area contributed by atoms with E-state index in [9.17, 15) is 4.79 Å². The normalized spacial score (nSPS) is 24.4. The summed E-state index contributed by atoms with van der Waals surface area (Å²) in [7, 11) is 1.76. The van der Waals surface area contributed by atoms with Gasteiger partial charge in [-0.3, -0.25) is 4.79 Å². The van der Waals surface area contributed by atoms with Crippen molar-refractivity contribution in [3.05, 3.63) is 59.7 Å². The van der Waals surface area contributed by atoms with Crippen LogP contribution in [0.5, 0.6) is 5.75 Å². The first-order valence-corrected chi connectivity index (χ1v) is 16.6. The second kappa shape index (κ2) is 15.1. The first-order chi connectivity index (χ1) is 21.3. The van der Waals surface area contributed by atoms with Gasteiger partial charge < -0.3 is 34.5 Å². The quantitative estimate of drug-likeness (QED) is 0.294. The lowest BCUT2D eigenvalue weighted by Crippen LogP contribution is -2.48. The number of nitrogens with one attached hydrogen (secondary N) is 2. The molecule has 0 unspecified atom stereocenters. The Bertz CT molecular complexity index is 1190. The number of ether oxygens (including phenoxy) is 4. The highest BCUT2D eigenvalue weighted by Crippen LogP contribution is 2.42. The van der Waals surface area contributed by atoms with Gasteiger partial charge in [0.15, 0.2) is 0 Å². The minimum Gasteiger partial charge on any atom is -0.479 e. The minimum absolute atomic E-state index is 0.154. The summed E-state index contributed by atoms with van der Waals surface area (Å²) in [6, 6.07) is 17.3. The van der Waals surface area contributed by atoms with Crippen molar-refractivity contribution in [1.82, 2.24) is 10.6 Å². The van der Waals surface area contributed by atoms with Crippen molar-refractivity contribution in [3.63, 3.8) is 0 Å². The van der Waals surface area contributed by atoms with Crippen LogP contribution < -0.4 is 20.3 Å². The van der Waals surface area contributed by atoms with E-state index in [-0.39, 0.29) is 12.0 Å². The lowest BCUT2D eigenvalue weighted by Gasteiger charge is -2.43. The van der Waals surface area contributed by atoms with E-state index < -0.39 is 11.0 Å². The smallest absolute Gasteiger partial charge is 0.225 e. The van der Waals surface area contributed by atoms with Gasteiger partial charge in [-0.05, 0) is 74.6 Å². The molecule has 242 valence electrons. The zero-order chi connectivity index (χ0) is 31.0. The van der Waals surface area contributed by atoms with Crippen molar-refractivity contribution in [1.29, 1.82) is 0 Å². The minimum atomic E-state index is -0.427. The summed E-state index contributed by atoms with van der Waals surface area (Å²) >= 11 is 0. The number of benzene rings is 2. The molecule has 3 heterocycles. The maximum absolute atomic E-state index is 13.0. The van der Waals surface area contributed by atoms with Gasteiger partial charge in [0.1, 0.15) is 11.4 Å². The number of fused-ring (bicyclic) bond motifs is 1. The van der Waals surface area contributed by atoms with E-state index in [2.05, 4.69) is 78.8 Å². The van der Waals surface area contributed by atoms with E-state index in [0.29, 0.717) is 18.6 Å². The Morgan fingerprint density at radius 2 is 1.91 bits per heavy atom. The molecular formula is C36H53N3O5. The number of rotatable bonds is 13. The number of hydrogen-bond acceptors (Lipinski definition) is 7. The molecule has 3 aliphatic rings. The fourth-order valence-electron chi connectivity index (χ4n) is 6.81. The number of carbonyl (C=O) groups is 1. The Morgan fingerprint density at radius 1 is 1.11 bits per heavy atom. The Labute approximate surface area is 264 Å². The van der Waals surface area contributed by atoms with Gasteiger partial charge >= 0.3 is 0 Å². The highest BCUT2D eigenvalue weighted by Gasteiger charge is 2.37. The third-order valence-electron chi connectivity index (χ3n) is 9.57. The highest BCUT2D eigenvalue weighted by molar-refractivity contribution is 5.81. The molecule has 3 aliphatic heterocycles. The number of methoxy groups -OCH3 is 1. The van der Waals surface area contributed by atoms with Crippen LogP contribution in [0.1, 0.15) is 70.4 Å². The van der Waals surface area contributed by atoms with E-state index in [1.165, 1.54) is 5.56 Å². The molecule has 0 radical (unpaired) electrons. The summed E-state index contributed by atoms with van der Waals surface area (Å²) in [6.45, 7) is 12.4. The number of carbonyl (C=O) groups excluding carboxylic acids is 1. The lowest BCUT2D eigenvalue weighted by atomic mass is 9.82. The summed E-state index contributed by atoms with van der Waals surface area (Å²) in [5.41, 5.74) is 2.61. The van der Waals surface area contributed by atoms with Crippen LogP contribution in [0.2, 0.25) is 0 Å². The van der Waals surface area contributed by atoms with Crippen LogP contribution in [0.15, 0.2) is 48.5 Å². The predicted molar refractivity (Wildman–Crippen MR) is 174 cm³/mol. The Kier molecular flexibility index (Phi) is 11.2. The Morgan fingerprint density at radius 3 is 2.64 bits per heavy atom. The van der Waals surface area contributed by atoms with E-state index in [1.807, 2.05) is 6.07 Å². The molecule has 2 N–H and O–H groups in total. The molecular weight excluding hydrogens is 554 g/mol. The topological polar surface area (TPSA) is 81.3 Å². The van der Waals surface area contributed by atoms with Crippen LogP contribution >= 0.6 is 0 Å². The zero-order valence-corrected chi connectivity index (χ0v) is 27.2. The van der Waals surface area contributed by atoms with E-state index in [1.54, 1.807) is 7.11 Å². The SMILES string of the molecule is COCCCN1C[C@](C)(c2ccccc2)Oc2ccc(CO[C@@H]3CC[C@@H](CC(C)(C)C(=O)NCC4CCOCC4)NC3)cc21. The van der Waals surface area contributed by atoms with E-state index >= 15 is 0 Å². The Hall–Kier alpha value is -2.65. The van der Waals surface area contributed by atoms with E-state index in [0.717, 1.165) is 102 Å². The van der Waals surface area contributed by atoms with Gasteiger partial charge in [-0.15, -0.1) is 0 Å². The van der Waals surface area contributed by atoms with Crippen LogP contribution in [0, 0.1) is 11.3 Å². The van der Waals surface area contributed by atoms with Gasteiger partial charge in [0.2, 0.25) is 5.91 Å². The van der Waals surface area contributed by atoms with Crippen molar-refractivity contribution in [2.75, 3.05) is 58.0 Å². The molecule has 2 aromatic carbocycles. The van der Waals surface area contributed by atoms with Crippen molar-refractivity contribution in [3.8, 4) is 5.75 Å². The Balaban J connectivity index is 1.12. The predicted octanol–water partition coefficient (Wildman–Crippen LogP) is 5.43. The largest absolute Gasteiger partial charge is 0.479 e. The summed E-state index contributed by atoms with van der Waals surface area (Å²) in [5.74, 6) is 1.59. The van der Waals surface area contributed by atoms with Crippen LogP contribution in [0.3, 0.4) is 0 Å². The number of amides is 1. The standard InChI is InChI=1S/C36H53N3O5/c1-35(2,34(40)38-23-27-15-19-42-20-16-27)22-30-12-13-31(24-37-30)43-25-28-11-14-33-32(21-28)39(17-8-18-41-4)26-36(3,44-33)29-9-6-5-7-10-29/h5-7,9-11,14,21,27,30-31,37H,8,12-13,15-20,22-26H2,1-4H3,(H,38,40)/t30-,31+,36+/m0/s1. The monoisotopic (exact) mass is 607 g/mol. The summed E-state index contributed by atoms with van der Waals surface area (Å²) < 4.78 is 23.9. The summed E-state index contributed by atoms with van der Waals surface area (Å²) in [5, 5.41) is 6.89. The summed E-state index contributed by atoms with van der Waals surface area (Å²) in [4.78, 5) is 15.4. The van der Waals surface area contributed by atoms with Crippen molar-refractivity contribution >= 4 is 11.6 Å². The number of nitrogens with zero attached hydrogens (tertiary/aromatic N) is 1. The third kappa shape index (κ3) is 8.53. The molecule has 44 heavy (non-hydrogen) atoms. The molecule has 2 aromatic rings. The van der Waals surface area contributed by atoms with Crippen LogP contribution in [-0.2, 0) is 31.2 Å². The van der Waals surface area contributed by atoms with Gasteiger partial charge in [-0.25, -0.2) is 0 Å². The van der Waals surface area contributed by atoms with Crippen LogP contribution in [0.4, 0.5) is 5.69 Å². The molecule has 3 atom stereocenters. The highest BCUT2D eigenvalue weighted by atomic mass is 16.5. The van der Waals surface area contributed by atoms with Crippen molar-refractivity contribution in [2.24, 2.45) is 11.3 Å². The molecule has 8 heteroatoms. The first kappa shape index (κ1) is 32.7. The molecule has 0 aliphatic carbocycles. The fourth-order valence-corrected chi connectivity index (χ4v) is 6.81. The van der Waals surface area contributed by atoms with Gasteiger partial charge in [0.25, 0.3) is 0 Å². The average molecular weight is 608 g/mol. The van der Waals surface area contributed by atoms with Gasteiger partial charge in [-0.2, -0.15) is 0 Å². The maximum Gasteiger partial charge on any atom is 0.225 e.